The first-order valence-electron chi connectivity index (χ1n) is 7.97. The molecule has 2 aromatic carbocycles. The number of aryl methyl sites for hydroxylation is 1. The molecular weight excluding hydrogens is 316 g/mol. The van der Waals surface area contributed by atoms with Crippen molar-refractivity contribution in [2.75, 3.05) is 14.2 Å². The van der Waals surface area contributed by atoms with Gasteiger partial charge in [0.15, 0.2) is 0 Å². The van der Waals surface area contributed by atoms with E-state index in [9.17, 15) is 4.79 Å². The quantitative estimate of drug-likeness (QED) is 0.717. The Morgan fingerprint density at radius 3 is 2.40 bits per heavy atom. The zero-order valence-corrected chi connectivity index (χ0v) is 14.5. The lowest BCUT2D eigenvalue weighted by Gasteiger charge is -2.12. The van der Waals surface area contributed by atoms with Crippen LogP contribution in [0.5, 0.6) is 11.5 Å². The van der Waals surface area contributed by atoms with E-state index in [-0.39, 0.29) is 5.56 Å². The van der Waals surface area contributed by atoms with E-state index in [1.54, 1.807) is 20.3 Å². The predicted molar refractivity (Wildman–Crippen MR) is 97.3 cm³/mol. The molecule has 0 spiro atoms. The van der Waals surface area contributed by atoms with Gasteiger partial charge in [0.1, 0.15) is 11.5 Å². The Morgan fingerprint density at radius 1 is 0.960 bits per heavy atom. The van der Waals surface area contributed by atoms with Gasteiger partial charge in [0.2, 0.25) is 0 Å². The van der Waals surface area contributed by atoms with Crippen LogP contribution < -0.4 is 15.0 Å². The van der Waals surface area contributed by atoms with Gasteiger partial charge in [-0.25, -0.2) is 4.68 Å². The summed E-state index contributed by atoms with van der Waals surface area (Å²) >= 11 is 0. The number of hydrogen-bond acceptors (Lipinski definition) is 4. The fourth-order valence-corrected chi connectivity index (χ4v) is 2.59. The Hall–Kier alpha value is -3.08. The van der Waals surface area contributed by atoms with Gasteiger partial charge in [-0.1, -0.05) is 29.8 Å². The number of hydrogen-bond donors (Lipinski definition) is 0. The lowest BCUT2D eigenvalue weighted by Crippen LogP contribution is -2.22. The molecule has 1 aromatic heterocycles. The molecule has 0 aliphatic rings. The Bertz CT molecular complexity index is 930. The molecule has 0 saturated heterocycles. The first kappa shape index (κ1) is 16.8. The number of aromatic nitrogens is 2. The SMILES string of the molecule is COc1ccc(OC)c(-c2ccc(=O)n(Cc3ccc(C)cc3)n2)c1. The highest BCUT2D eigenvalue weighted by Gasteiger charge is 2.11. The Kier molecular flexibility index (Phi) is 4.84. The molecule has 128 valence electrons. The fraction of sp³-hybridized carbons (Fsp3) is 0.200. The van der Waals surface area contributed by atoms with Gasteiger partial charge in [-0.2, -0.15) is 5.10 Å². The predicted octanol–water partition coefficient (Wildman–Crippen LogP) is 3.28. The lowest BCUT2D eigenvalue weighted by atomic mass is 10.1. The van der Waals surface area contributed by atoms with E-state index in [1.165, 1.54) is 16.3 Å². The molecule has 0 unspecified atom stereocenters. The van der Waals surface area contributed by atoms with E-state index in [0.717, 1.165) is 11.1 Å². The molecule has 0 bridgehead atoms. The third-order valence-electron chi connectivity index (χ3n) is 4.00. The van der Waals surface area contributed by atoms with Crippen molar-refractivity contribution in [3.8, 4) is 22.8 Å². The number of rotatable bonds is 5. The summed E-state index contributed by atoms with van der Waals surface area (Å²) in [5.74, 6) is 1.38. The lowest BCUT2D eigenvalue weighted by molar-refractivity contribution is 0.404. The van der Waals surface area contributed by atoms with E-state index >= 15 is 0 Å². The molecular formula is C20H20N2O3. The van der Waals surface area contributed by atoms with Crippen molar-refractivity contribution in [3.05, 3.63) is 76.1 Å². The normalized spacial score (nSPS) is 10.5. The van der Waals surface area contributed by atoms with Gasteiger partial charge < -0.3 is 9.47 Å². The molecule has 3 aromatic rings. The number of ether oxygens (including phenoxy) is 2. The van der Waals surface area contributed by atoms with Crippen molar-refractivity contribution >= 4 is 0 Å². The van der Waals surface area contributed by atoms with Crippen molar-refractivity contribution < 1.29 is 9.47 Å². The number of benzene rings is 2. The molecule has 0 aliphatic carbocycles. The zero-order valence-electron chi connectivity index (χ0n) is 14.5. The summed E-state index contributed by atoms with van der Waals surface area (Å²) in [4.78, 5) is 12.2. The van der Waals surface area contributed by atoms with Crippen LogP contribution in [0, 0.1) is 6.92 Å². The third kappa shape index (κ3) is 3.71. The first-order valence-corrected chi connectivity index (χ1v) is 7.97. The zero-order chi connectivity index (χ0) is 17.8. The number of nitrogens with zero attached hydrogens (tertiary/aromatic N) is 2. The van der Waals surface area contributed by atoms with Gasteiger partial charge in [-0.05, 0) is 36.8 Å². The van der Waals surface area contributed by atoms with Crippen LogP contribution in [-0.2, 0) is 6.54 Å². The van der Waals surface area contributed by atoms with Crippen LogP contribution in [0.15, 0.2) is 59.4 Å². The van der Waals surface area contributed by atoms with E-state index in [1.807, 2.05) is 49.4 Å². The van der Waals surface area contributed by atoms with Crippen LogP contribution >= 0.6 is 0 Å². The van der Waals surface area contributed by atoms with Crippen LogP contribution in [0.3, 0.4) is 0 Å². The summed E-state index contributed by atoms with van der Waals surface area (Å²) in [5.41, 5.74) is 3.49. The summed E-state index contributed by atoms with van der Waals surface area (Å²) in [6.07, 6.45) is 0. The maximum absolute atomic E-state index is 12.2. The van der Waals surface area contributed by atoms with Crippen molar-refractivity contribution in [1.29, 1.82) is 0 Å². The molecule has 0 fully saturated rings. The summed E-state index contributed by atoms with van der Waals surface area (Å²) in [7, 11) is 3.21. The monoisotopic (exact) mass is 336 g/mol. The van der Waals surface area contributed by atoms with Gasteiger partial charge in [-0.3, -0.25) is 4.79 Å². The van der Waals surface area contributed by atoms with E-state index in [2.05, 4.69) is 5.10 Å². The summed E-state index contributed by atoms with van der Waals surface area (Å²) < 4.78 is 12.2. The second kappa shape index (κ2) is 7.21. The second-order valence-electron chi connectivity index (χ2n) is 5.77. The Labute approximate surface area is 146 Å². The van der Waals surface area contributed by atoms with Crippen molar-refractivity contribution in [1.82, 2.24) is 9.78 Å². The van der Waals surface area contributed by atoms with Gasteiger partial charge in [-0.15, -0.1) is 0 Å². The standard InChI is InChI=1S/C20H20N2O3/c1-14-4-6-15(7-5-14)13-22-20(23)11-9-18(21-22)17-12-16(24-2)8-10-19(17)25-3/h4-12H,13H2,1-3H3. The number of methoxy groups -OCH3 is 2. The molecule has 0 atom stereocenters. The van der Waals surface area contributed by atoms with Crippen molar-refractivity contribution in [2.24, 2.45) is 0 Å². The largest absolute Gasteiger partial charge is 0.497 e. The fourth-order valence-electron chi connectivity index (χ4n) is 2.59. The highest BCUT2D eigenvalue weighted by molar-refractivity contribution is 5.68. The van der Waals surface area contributed by atoms with E-state index < -0.39 is 0 Å². The van der Waals surface area contributed by atoms with Gasteiger partial charge >= 0.3 is 0 Å². The summed E-state index contributed by atoms with van der Waals surface area (Å²) in [6, 6.07) is 16.8. The maximum atomic E-state index is 12.2. The molecule has 5 heteroatoms. The minimum Gasteiger partial charge on any atom is -0.497 e. The minimum atomic E-state index is -0.147. The van der Waals surface area contributed by atoms with Gasteiger partial charge in [0.05, 0.1) is 26.5 Å². The van der Waals surface area contributed by atoms with E-state index in [0.29, 0.717) is 23.7 Å². The summed E-state index contributed by atoms with van der Waals surface area (Å²) in [6.45, 7) is 2.45. The molecule has 0 radical (unpaired) electrons. The van der Waals surface area contributed by atoms with Crippen molar-refractivity contribution in [3.63, 3.8) is 0 Å². The van der Waals surface area contributed by atoms with Crippen molar-refractivity contribution in [2.45, 2.75) is 13.5 Å². The molecule has 0 amide bonds. The molecule has 3 rings (SSSR count). The minimum absolute atomic E-state index is 0.147. The topological polar surface area (TPSA) is 53.4 Å². The first-order chi connectivity index (χ1) is 12.1. The van der Waals surface area contributed by atoms with Gasteiger partial charge in [0, 0.05) is 11.6 Å². The Balaban J connectivity index is 2.02. The average Bonchev–Trinajstić information content (AvgIpc) is 2.64. The average molecular weight is 336 g/mol. The molecule has 0 aliphatic heterocycles. The van der Waals surface area contributed by atoms with E-state index in [4.69, 9.17) is 9.47 Å². The summed E-state index contributed by atoms with van der Waals surface area (Å²) in [5, 5.41) is 4.51. The second-order valence-corrected chi connectivity index (χ2v) is 5.77. The van der Waals surface area contributed by atoms with Crippen LogP contribution in [0.1, 0.15) is 11.1 Å². The smallest absolute Gasteiger partial charge is 0.267 e. The van der Waals surface area contributed by atoms with Gasteiger partial charge in [0.25, 0.3) is 5.56 Å². The van der Waals surface area contributed by atoms with Crippen LogP contribution in [0.2, 0.25) is 0 Å². The molecule has 0 saturated carbocycles. The maximum Gasteiger partial charge on any atom is 0.267 e. The molecule has 5 nitrogen and oxygen atoms in total. The van der Waals surface area contributed by atoms with Crippen LogP contribution in [0.4, 0.5) is 0 Å². The molecule has 1 heterocycles. The molecule has 0 N–H and O–H groups in total. The van der Waals surface area contributed by atoms with Crippen LogP contribution in [-0.4, -0.2) is 24.0 Å². The highest BCUT2D eigenvalue weighted by Crippen LogP contribution is 2.31. The Morgan fingerprint density at radius 2 is 1.72 bits per heavy atom. The third-order valence-corrected chi connectivity index (χ3v) is 4.00. The highest BCUT2D eigenvalue weighted by atomic mass is 16.5. The van der Waals surface area contributed by atoms with Crippen LogP contribution in [0.25, 0.3) is 11.3 Å². The molecule has 25 heavy (non-hydrogen) atoms.